The molecule has 0 bridgehead atoms. The molecule has 1 fully saturated rings. The Hall–Kier alpha value is -2.24. The molecule has 1 unspecified atom stereocenters. The highest BCUT2D eigenvalue weighted by Gasteiger charge is 2.31. The molecule has 0 saturated carbocycles. The Balaban J connectivity index is 1.68. The van der Waals surface area contributed by atoms with Gasteiger partial charge in [0.15, 0.2) is 11.5 Å². The Kier molecular flexibility index (Phi) is 4.51. The summed E-state index contributed by atoms with van der Waals surface area (Å²) in [6, 6.07) is 13.1. The number of carbonyl (C=O) groups excluding carboxylic acids is 1. The summed E-state index contributed by atoms with van der Waals surface area (Å²) < 4.78 is 11.3. The first-order valence-electron chi connectivity index (χ1n) is 8.40. The van der Waals surface area contributed by atoms with E-state index >= 15 is 0 Å². The number of nitrogens with one attached hydrogen (secondary N) is 1. The Morgan fingerprint density at radius 2 is 2.00 bits per heavy atom. The van der Waals surface area contributed by atoms with Crippen molar-refractivity contribution in [1.82, 2.24) is 10.2 Å². The fourth-order valence-electron chi connectivity index (χ4n) is 3.36. The van der Waals surface area contributed by atoms with Crippen molar-refractivity contribution in [3.63, 3.8) is 0 Å². The van der Waals surface area contributed by atoms with E-state index in [-0.39, 0.29) is 11.9 Å². The molecule has 6 heteroatoms. The Morgan fingerprint density at radius 3 is 2.88 bits per heavy atom. The van der Waals surface area contributed by atoms with Gasteiger partial charge in [-0.25, -0.2) is 0 Å². The summed E-state index contributed by atoms with van der Waals surface area (Å²) in [6.45, 7) is 3.04. The summed E-state index contributed by atoms with van der Waals surface area (Å²) in [7, 11) is 0. The molecule has 0 aliphatic carbocycles. The minimum Gasteiger partial charge on any atom is -0.486 e. The van der Waals surface area contributed by atoms with E-state index in [0.717, 1.165) is 12.1 Å². The number of rotatable bonds is 2. The van der Waals surface area contributed by atoms with Gasteiger partial charge in [-0.1, -0.05) is 29.8 Å². The summed E-state index contributed by atoms with van der Waals surface area (Å²) in [6.07, 6.45) is 0. The van der Waals surface area contributed by atoms with Crippen molar-refractivity contribution in [1.29, 1.82) is 0 Å². The van der Waals surface area contributed by atoms with E-state index in [1.165, 1.54) is 0 Å². The predicted molar refractivity (Wildman–Crippen MR) is 95.5 cm³/mol. The van der Waals surface area contributed by atoms with Crippen LogP contribution in [0.4, 0.5) is 0 Å². The zero-order valence-electron chi connectivity index (χ0n) is 13.7. The van der Waals surface area contributed by atoms with Crippen molar-refractivity contribution in [2.24, 2.45) is 0 Å². The highest BCUT2D eigenvalue weighted by Crippen LogP contribution is 2.36. The topological polar surface area (TPSA) is 50.8 Å². The molecule has 130 valence electrons. The molecule has 5 nitrogen and oxygen atoms in total. The van der Waals surface area contributed by atoms with E-state index in [1.54, 1.807) is 6.07 Å². The van der Waals surface area contributed by atoms with Gasteiger partial charge in [-0.2, -0.15) is 0 Å². The molecule has 2 aliphatic heterocycles. The molecule has 1 amide bonds. The second kappa shape index (κ2) is 6.94. The first-order chi connectivity index (χ1) is 12.2. The molecule has 1 atom stereocenters. The van der Waals surface area contributed by atoms with Crippen LogP contribution in [-0.2, 0) is 0 Å². The molecule has 1 saturated heterocycles. The van der Waals surface area contributed by atoms with E-state index in [2.05, 4.69) is 5.32 Å². The summed E-state index contributed by atoms with van der Waals surface area (Å²) in [4.78, 5) is 15.2. The fourth-order valence-corrected chi connectivity index (χ4v) is 3.55. The van der Waals surface area contributed by atoms with Gasteiger partial charge in [0.1, 0.15) is 13.2 Å². The molecule has 25 heavy (non-hydrogen) atoms. The number of carbonyl (C=O) groups is 1. The maximum atomic E-state index is 13.3. The van der Waals surface area contributed by atoms with Crippen LogP contribution in [0.2, 0.25) is 5.02 Å². The Morgan fingerprint density at radius 1 is 1.16 bits per heavy atom. The SMILES string of the molecule is O=C(c1cccc2c1OCCO2)N1CCNCC1c1cccc(Cl)c1. The van der Waals surface area contributed by atoms with Crippen molar-refractivity contribution in [3.8, 4) is 11.5 Å². The molecule has 0 spiro atoms. The second-order valence-corrected chi connectivity index (χ2v) is 6.54. The van der Waals surface area contributed by atoms with Crippen LogP contribution in [0.1, 0.15) is 22.0 Å². The smallest absolute Gasteiger partial charge is 0.258 e. The number of halogens is 1. The molecule has 4 rings (SSSR count). The van der Waals surface area contributed by atoms with Gasteiger partial charge in [0.25, 0.3) is 5.91 Å². The zero-order chi connectivity index (χ0) is 17.2. The number of hydrogen-bond acceptors (Lipinski definition) is 4. The van der Waals surface area contributed by atoms with Crippen molar-refractivity contribution in [2.75, 3.05) is 32.8 Å². The zero-order valence-corrected chi connectivity index (χ0v) is 14.5. The number of hydrogen-bond donors (Lipinski definition) is 1. The number of piperazine rings is 1. The van der Waals surface area contributed by atoms with E-state index in [0.29, 0.717) is 48.4 Å². The molecule has 1 N–H and O–H groups in total. The summed E-state index contributed by atoms with van der Waals surface area (Å²) in [5.41, 5.74) is 1.57. The largest absolute Gasteiger partial charge is 0.486 e. The van der Waals surface area contributed by atoms with Gasteiger partial charge >= 0.3 is 0 Å². The molecule has 2 heterocycles. The van der Waals surface area contributed by atoms with Crippen LogP contribution in [-0.4, -0.2) is 43.7 Å². The number of ether oxygens (including phenoxy) is 2. The molecule has 0 aromatic heterocycles. The standard InChI is InChI=1S/C19H19ClN2O3/c20-14-4-1-3-13(11-14)16-12-21-7-8-22(16)19(23)15-5-2-6-17-18(15)25-10-9-24-17/h1-6,11,16,21H,7-10,12H2. The molecular weight excluding hydrogens is 340 g/mol. The van der Waals surface area contributed by atoms with Gasteiger partial charge < -0.3 is 19.7 Å². The van der Waals surface area contributed by atoms with Crippen LogP contribution in [0.3, 0.4) is 0 Å². The molecule has 2 aromatic carbocycles. The maximum Gasteiger partial charge on any atom is 0.258 e. The van der Waals surface area contributed by atoms with Crippen LogP contribution in [0, 0.1) is 0 Å². The first-order valence-corrected chi connectivity index (χ1v) is 8.77. The van der Waals surface area contributed by atoms with Gasteiger partial charge in [0, 0.05) is 24.7 Å². The van der Waals surface area contributed by atoms with E-state index in [4.69, 9.17) is 21.1 Å². The number of para-hydroxylation sites is 1. The number of amides is 1. The number of benzene rings is 2. The number of fused-ring (bicyclic) bond motifs is 1. The minimum absolute atomic E-state index is 0.0474. The first kappa shape index (κ1) is 16.2. The van der Waals surface area contributed by atoms with Crippen LogP contribution in [0.25, 0.3) is 0 Å². The van der Waals surface area contributed by atoms with Crippen molar-refractivity contribution in [3.05, 3.63) is 58.6 Å². The van der Waals surface area contributed by atoms with Gasteiger partial charge in [-0.15, -0.1) is 0 Å². The summed E-state index contributed by atoms with van der Waals surface area (Å²) in [5.74, 6) is 1.13. The molecular formula is C19H19ClN2O3. The Labute approximate surface area is 151 Å². The normalized spacial score (nSPS) is 19.6. The lowest BCUT2D eigenvalue weighted by Gasteiger charge is -2.37. The summed E-state index contributed by atoms with van der Waals surface area (Å²) >= 11 is 6.14. The van der Waals surface area contributed by atoms with E-state index in [1.807, 2.05) is 41.3 Å². The second-order valence-electron chi connectivity index (χ2n) is 6.10. The summed E-state index contributed by atoms with van der Waals surface area (Å²) in [5, 5.41) is 4.03. The van der Waals surface area contributed by atoms with Gasteiger partial charge in [-0.3, -0.25) is 4.79 Å². The third kappa shape index (κ3) is 3.17. The molecule has 0 radical (unpaired) electrons. The predicted octanol–water partition coefficient (Wildman–Crippen LogP) is 2.90. The lowest BCUT2D eigenvalue weighted by Crippen LogP contribution is -2.48. The third-order valence-electron chi connectivity index (χ3n) is 4.53. The average Bonchev–Trinajstić information content (AvgIpc) is 2.67. The highest BCUT2D eigenvalue weighted by atomic mass is 35.5. The average molecular weight is 359 g/mol. The van der Waals surface area contributed by atoms with E-state index < -0.39 is 0 Å². The van der Waals surface area contributed by atoms with Crippen LogP contribution < -0.4 is 14.8 Å². The Bertz CT molecular complexity index is 796. The quantitative estimate of drug-likeness (QED) is 0.896. The van der Waals surface area contributed by atoms with Crippen molar-refractivity contribution in [2.45, 2.75) is 6.04 Å². The monoisotopic (exact) mass is 358 g/mol. The highest BCUT2D eigenvalue weighted by molar-refractivity contribution is 6.30. The molecule has 2 aromatic rings. The van der Waals surface area contributed by atoms with Crippen LogP contribution in [0.5, 0.6) is 11.5 Å². The maximum absolute atomic E-state index is 13.3. The van der Waals surface area contributed by atoms with Gasteiger partial charge in [0.2, 0.25) is 0 Å². The van der Waals surface area contributed by atoms with Crippen molar-refractivity contribution < 1.29 is 14.3 Å². The minimum atomic E-state index is -0.0692. The lowest BCUT2D eigenvalue weighted by atomic mass is 10.0. The van der Waals surface area contributed by atoms with Crippen LogP contribution >= 0.6 is 11.6 Å². The number of nitrogens with zero attached hydrogens (tertiary/aromatic N) is 1. The molecule has 2 aliphatic rings. The lowest BCUT2D eigenvalue weighted by molar-refractivity contribution is 0.0624. The fraction of sp³-hybridized carbons (Fsp3) is 0.316. The van der Waals surface area contributed by atoms with Gasteiger partial charge in [-0.05, 0) is 29.8 Å². The van der Waals surface area contributed by atoms with Crippen molar-refractivity contribution >= 4 is 17.5 Å². The van der Waals surface area contributed by atoms with Crippen LogP contribution in [0.15, 0.2) is 42.5 Å². The van der Waals surface area contributed by atoms with E-state index in [9.17, 15) is 4.79 Å². The third-order valence-corrected chi connectivity index (χ3v) is 4.77. The van der Waals surface area contributed by atoms with Gasteiger partial charge in [0.05, 0.1) is 11.6 Å².